The molecule has 0 aliphatic heterocycles. The predicted octanol–water partition coefficient (Wildman–Crippen LogP) is 1.71. The zero-order chi connectivity index (χ0) is 20.8. The predicted molar refractivity (Wildman–Crippen MR) is 102 cm³/mol. The Balaban J connectivity index is 2.05. The van der Waals surface area contributed by atoms with Gasteiger partial charge in [-0.3, -0.25) is 20.3 Å². The Morgan fingerprint density at radius 3 is 2.32 bits per heavy atom. The van der Waals surface area contributed by atoms with Crippen LogP contribution in [0.1, 0.15) is 24.8 Å². The van der Waals surface area contributed by atoms with Crippen LogP contribution in [0.25, 0.3) is 0 Å². The minimum atomic E-state index is -0.790. The molecule has 0 aromatic heterocycles. The van der Waals surface area contributed by atoms with Crippen LogP contribution < -0.4 is 5.32 Å². The molecule has 0 heterocycles. The van der Waals surface area contributed by atoms with Crippen molar-refractivity contribution in [2.24, 2.45) is 0 Å². The van der Waals surface area contributed by atoms with Crippen molar-refractivity contribution < 1.29 is 28.6 Å². The lowest BCUT2D eigenvalue weighted by molar-refractivity contribution is -0.144. The molecule has 0 aliphatic rings. The first-order valence-corrected chi connectivity index (χ1v) is 8.92. The fourth-order valence-electron chi connectivity index (χ4n) is 2.08. The van der Waals surface area contributed by atoms with Gasteiger partial charge < -0.3 is 19.1 Å². The zero-order valence-electron chi connectivity index (χ0n) is 16.2. The Bertz CT molecular complexity index is 650. The van der Waals surface area contributed by atoms with Crippen LogP contribution in [0.3, 0.4) is 0 Å². The van der Waals surface area contributed by atoms with Gasteiger partial charge in [-0.2, -0.15) is 0 Å². The number of benzene rings is 1. The number of nitrogens with one attached hydrogen (secondary N) is 2. The number of alkyl carbamates (subject to hydrolysis) is 1. The van der Waals surface area contributed by atoms with Crippen LogP contribution in [0, 0.1) is 5.41 Å². The highest BCUT2D eigenvalue weighted by Crippen LogP contribution is 2.03. The summed E-state index contributed by atoms with van der Waals surface area (Å²) in [4.78, 5) is 35.5. The van der Waals surface area contributed by atoms with Gasteiger partial charge in [-0.25, -0.2) is 4.79 Å². The second-order valence-corrected chi connectivity index (χ2v) is 5.95. The normalized spacial score (nSPS) is 9.93. The van der Waals surface area contributed by atoms with Crippen molar-refractivity contribution in [1.82, 2.24) is 10.2 Å². The number of amides is 1. The smallest absolute Gasteiger partial charge is 0.413 e. The van der Waals surface area contributed by atoms with Crippen molar-refractivity contribution in [2.75, 3.05) is 33.9 Å². The van der Waals surface area contributed by atoms with Crippen LogP contribution in [-0.4, -0.2) is 62.8 Å². The summed E-state index contributed by atoms with van der Waals surface area (Å²) in [5.74, 6) is -1.06. The van der Waals surface area contributed by atoms with Crippen LogP contribution in [-0.2, 0) is 30.2 Å². The van der Waals surface area contributed by atoms with E-state index in [0.717, 1.165) is 5.56 Å². The molecule has 1 aromatic carbocycles. The Hall–Kier alpha value is -3.10. The van der Waals surface area contributed by atoms with Crippen molar-refractivity contribution in [2.45, 2.75) is 25.7 Å². The number of likely N-dealkylation sites (N-methyl/N-ethyl adjacent to an activating group) is 1. The van der Waals surface area contributed by atoms with Gasteiger partial charge in [-0.15, -0.1) is 0 Å². The average Bonchev–Trinajstić information content (AvgIpc) is 2.69. The lowest BCUT2D eigenvalue weighted by Crippen LogP contribution is -2.43. The van der Waals surface area contributed by atoms with Crippen LogP contribution >= 0.6 is 0 Å². The van der Waals surface area contributed by atoms with Gasteiger partial charge in [0.2, 0.25) is 5.96 Å². The standard InChI is InChI=1S/C19H27N3O6/c1-22(14-17(24)26-2)18(20)21-19(25)28-13-7-6-12-27-16(23)11-10-15-8-4-3-5-9-15/h3-5,8-9H,6-7,10-14H2,1-2H3,(H2,20,21,25). The van der Waals surface area contributed by atoms with E-state index >= 15 is 0 Å². The van der Waals surface area contributed by atoms with E-state index in [2.05, 4.69) is 10.1 Å². The number of aryl methyl sites for hydroxylation is 1. The van der Waals surface area contributed by atoms with Crippen LogP contribution in [0.2, 0.25) is 0 Å². The Kier molecular flexibility index (Phi) is 10.8. The lowest BCUT2D eigenvalue weighted by atomic mass is 10.1. The summed E-state index contributed by atoms with van der Waals surface area (Å²) in [5.41, 5.74) is 1.08. The molecule has 9 nitrogen and oxygen atoms in total. The number of esters is 2. The van der Waals surface area contributed by atoms with Gasteiger partial charge in [-0.05, 0) is 24.8 Å². The number of nitrogens with zero attached hydrogens (tertiary/aromatic N) is 1. The van der Waals surface area contributed by atoms with E-state index in [1.165, 1.54) is 19.1 Å². The molecule has 2 N–H and O–H groups in total. The minimum absolute atomic E-state index is 0.126. The minimum Gasteiger partial charge on any atom is -0.468 e. The van der Waals surface area contributed by atoms with Crippen molar-refractivity contribution in [3.05, 3.63) is 35.9 Å². The quantitative estimate of drug-likeness (QED) is 0.204. The molecule has 0 atom stereocenters. The summed E-state index contributed by atoms with van der Waals surface area (Å²) < 4.78 is 14.5. The molecule has 0 saturated carbocycles. The van der Waals surface area contributed by atoms with Gasteiger partial charge >= 0.3 is 18.0 Å². The van der Waals surface area contributed by atoms with E-state index in [-0.39, 0.29) is 31.7 Å². The first-order valence-electron chi connectivity index (χ1n) is 8.92. The lowest BCUT2D eigenvalue weighted by Gasteiger charge is -2.18. The molecule has 0 unspecified atom stereocenters. The summed E-state index contributed by atoms with van der Waals surface area (Å²) in [5, 5.41) is 9.84. The molecule has 0 fully saturated rings. The summed E-state index contributed by atoms with van der Waals surface area (Å²) in [6.45, 7) is 0.225. The second kappa shape index (κ2) is 13.1. The fourth-order valence-corrected chi connectivity index (χ4v) is 2.08. The molecule has 9 heteroatoms. The number of carbonyl (C=O) groups is 3. The molecule has 154 valence electrons. The molecule has 0 spiro atoms. The number of unbranched alkanes of at least 4 members (excludes halogenated alkanes) is 1. The molecular formula is C19H27N3O6. The third-order valence-corrected chi connectivity index (χ3v) is 3.69. The Morgan fingerprint density at radius 1 is 1.04 bits per heavy atom. The van der Waals surface area contributed by atoms with E-state index in [1.54, 1.807) is 0 Å². The van der Waals surface area contributed by atoms with Crippen molar-refractivity contribution in [3.8, 4) is 0 Å². The van der Waals surface area contributed by atoms with Gasteiger partial charge in [0.15, 0.2) is 0 Å². The maximum atomic E-state index is 11.7. The maximum Gasteiger partial charge on any atom is 0.413 e. The molecule has 0 bridgehead atoms. The first-order chi connectivity index (χ1) is 13.4. The monoisotopic (exact) mass is 393 g/mol. The van der Waals surface area contributed by atoms with E-state index in [1.807, 2.05) is 30.3 Å². The molecule has 1 rings (SSSR count). The molecular weight excluding hydrogens is 366 g/mol. The summed E-state index contributed by atoms with van der Waals surface area (Å²) >= 11 is 0. The molecule has 1 aromatic rings. The van der Waals surface area contributed by atoms with Gasteiger partial charge in [0.1, 0.15) is 6.54 Å². The number of methoxy groups -OCH3 is 1. The molecule has 0 radical (unpaired) electrons. The van der Waals surface area contributed by atoms with Gasteiger partial charge in [0.25, 0.3) is 0 Å². The van der Waals surface area contributed by atoms with Gasteiger partial charge in [-0.1, -0.05) is 30.3 Å². The average molecular weight is 393 g/mol. The topological polar surface area (TPSA) is 118 Å². The summed E-state index contributed by atoms with van der Waals surface area (Å²) in [6, 6.07) is 9.70. The van der Waals surface area contributed by atoms with Crippen LogP contribution in [0.4, 0.5) is 4.79 Å². The molecule has 0 aliphatic carbocycles. The third-order valence-electron chi connectivity index (χ3n) is 3.69. The highest BCUT2D eigenvalue weighted by atomic mass is 16.6. The highest BCUT2D eigenvalue weighted by Gasteiger charge is 2.13. The van der Waals surface area contributed by atoms with Gasteiger partial charge in [0, 0.05) is 13.5 Å². The van der Waals surface area contributed by atoms with Crippen LogP contribution in [0.5, 0.6) is 0 Å². The summed E-state index contributed by atoms with van der Waals surface area (Å²) in [7, 11) is 2.70. The number of hydrogen-bond acceptors (Lipinski definition) is 7. The maximum absolute atomic E-state index is 11.7. The number of hydrogen-bond donors (Lipinski definition) is 2. The summed E-state index contributed by atoms with van der Waals surface area (Å²) in [6.07, 6.45) is 1.25. The van der Waals surface area contributed by atoms with Crippen molar-refractivity contribution in [3.63, 3.8) is 0 Å². The van der Waals surface area contributed by atoms with Crippen molar-refractivity contribution in [1.29, 1.82) is 5.41 Å². The van der Waals surface area contributed by atoms with E-state index in [0.29, 0.717) is 25.7 Å². The molecule has 1 amide bonds. The second-order valence-electron chi connectivity index (χ2n) is 5.95. The number of rotatable bonds is 10. The van der Waals surface area contributed by atoms with E-state index < -0.39 is 12.1 Å². The number of ether oxygens (including phenoxy) is 3. The third kappa shape index (κ3) is 10.1. The molecule has 0 saturated heterocycles. The number of guanidine groups is 1. The van der Waals surface area contributed by atoms with Gasteiger partial charge in [0.05, 0.1) is 20.3 Å². The van der Waals surface area contributed by atoms with Crippen LogP contribution in [0.15, 0.2) is 30.3 Å². The largest absolute Gasteiger partial charge is 0.468 e. The van der Waals surface area contributed by atoms with Crippen molar-refractivity contribution >= 4 is 24.0 Å². The SMILES string of the molecule is COC(=O)CN(C)C(=N)NC(=O)OCCCCOC(=O)CCc1ccccc1. The van der Waals surface area contributed by atoms with E-state index in [4.69, 9.17) is 14.9 Å². The Labute approximate surface area is 164 Å². The highest BCUT2D eigenvalue weighted by molar-refractivity contribution is 5.93. The first kappa shape index (κ1) is 22.9. The zero-order valence-corrected chi connectivity index (χ0v) is 16.2. The molecule has 28 heavy (non-hydrogen) atoms. The fraction of sp³-hybridized carbons (Fsp3) is 0.474. The Morgan fingerprint density at radius 2 is 1.68 bits per heavy atom. The number of carbonyl (C=O) groups excluding carboxylic acids is 3. The van der Waals surface area contributed by atoms with E-state index in [9.17, 15) is 14.4 Å².